The highest BCUT2D eigenvalue weighted by Gasteiger charge is 2.24. The maximum atomic E-state index is 12.6. The third kappa shape index (κ3) is 3.32. The van der Waals surface area contributed by atoms with Gasteiger partial charge in [0, 0.05) is 10.4 Å². The highest BCUT2D eigenvalue weighted by molar-refractivity contribution is 7.16. The highest BCUT2D eigenvalue weighted by atomic mass is 32.1. The Morgan fingerprint density at radius 2 is 2.00 bits per heavy atom. The van der Waals surface area contributed by atoms with Gasteiger partial charge >= 0.3 is 5.97 Å². The molecule has 1 aliphatic heterocycles. The van der Waals surface area contributed by atoms with Crippen LogP contribution < -0.4 is 14.8 Å². The number of nitrogens with one attached hydrogen (secondary N) is 1. The first-order valence-electron chi connectivity index (χ1n) is 8.05. The Bertz CT molecular complexity index is 827. The topological polar surface area (TPSA) is 73.9 Å². The summed E-state index contributed by atoms with van der Waals surface area (Å²) in [5, 5.41) is 3.34. The number of amides is 1. The molecule has 0 fully saturated rings. The Morgan fingerprint density at radius 1 is 1.24 bits per heavy atom. The van der Waals surface area contributed by atoms with Crippen molar-refractivity contribution in [2.75, 3.05) is 18.7 Å². The van der Waals surface area contributed by atoms with E-state index in [1.807, 2.05) is 13.8 Å². The van der Waals surface area contributed by atoms with Crippen molar-refractivity contribution < 1.29 is 23.8 Å². The summed E-state index contributed by atoms with van der Waals surface area (Å²) in [5.41, 5.74) is 1.79. The summed E-state index contributed by atoms with van der Waals surface area (Å²) < 4.78 is 15.7. The molecule has 7 heteroatoms. The van der Waals surface area contributed by atoms with Gasteiger partial charge in [0.1, 0.15) is 5.00 Å². The number of thiophene rings is 1. The molecule has 0 radical (unpaired) electrons. The van der Waals surface area contributed by atoms with E-state index in [2.05, 4.69) is 5.32 Å². The van der Waals surface area contributed by atoms with Crippen LogP contribution in [0.5, 0.6) is 11.5 Å². The van der Waals surface area contributed by atoms with Crippen LogP contribution in [0.2, 0.25) is 0 Å². The van der Waals surface area contributed by atoms with Gasteiger partial charge in [0.05, 0.1) is 12.2 Å². The molecule has 0 saturated carbocycles. The largest absolute Gasteiger partial charge is 0.462 e. The molecule has 0 atom stereocenters. The maximum Gasteiger partial charge on any atom is 0.341 e. The standard InChI is InChI=1S/C18H19NO5S/c1-4-12-10(3)25-17(15(12)18(21)22-5-2)19-16(20)11-6-7-13-14(8-11)24-9-23-13/h6-8H,4-5,9H2,1-3H3,(H,19,20). The van der Waals surface area contributed by atoms with Gasteiger partial charge < -0.3 is 19.5 Å². The number of hydrogen-bond acceptors (Lipinski definition) is 6. The smallest absolute Gasteiger partial charge is 0.341 e. The zero-order chi connectivity index (χ0) is 18.0. The Labute approximate surface area is 149 Å². The van der Waals surface area contributed by atoms with E-state index in [1.54, 1.807) is 25.1 Å². The third-order valence-electron chi connectivity index (χ3n) is 3.90. The molecule has 0 unspecified atom stereocenters. The van der Waals surface area contributed by atoms with Crippen LogP contribution in [-0.2, 0) is 11.2 Å². The molecule has 0 spiro atoms. The molecular weight excluding hydrogens is 342 g/mol. The predicted octanol–water partition coefficient (Wildman–Crippen LogP) is 3.78. The molecular formula is C18H19NO5S. The summed E-state index contributed by atoms with van der Waals surface area (Å²) >= 11 is 1.38. The van der Waals surface area contributed by atoms with Crippen molar-refractivity contribution in [2.45, 2.75) is 27.2 Å². The second-order valence-corrected chi connectivity index (χ2v) is 6.66. The van der Waals surface area contributed by atoms with Gasteiger partial charge in [-0.05, 0) is 44.0 Å². The van der Waals surface area contributed by atoms with E-state index in [-0.39, 0.29) is 19.3 Å². The van der Waals surface area contributed by atoms with Gasteiger partial charge in [-0.2, -0.15) is 0 Å². The number of fused-ring (bicyclic) bond motifs is 1. The lowest BCUT2D eigenvalue weighted by atomic mass is 10.1. The minimum absolute atomic E-state index is 0.150. The van der Waals surface area contributed by atoms with Crippen LogP contribution in [0, 0.1) is 6.92 Å². The second kappa shape index (κ2) is 7.14. The fourth-order valence-corrected chi connectivity index (χ4v) is 3.85. The second-order valence-electron chi connectivity index (χ2n) is 5.44. The molecule has 132 valence electrons. The third-order valence-corrected chi connectivity index (χ3v) is 4.97. The van der Waals surface area contributed by atoms with E-state index < -0.39 is 5.97 Å². The van der Waals surface area contributed by atoms with Gasteiger partial charge in [-0.1, -0.05) is 6.92 Å². The minimum atomic E-state index is -0.412. The molecule has 25 heavy (non-hydrogen) atoms. The predicted molar refractivity (Wildman–Crippen MR) is 94.9 cm³/mol. The van der Waals surface area contributed by atoms with Crippen LogP contribution in [0.1, 0.15) is 45.0 Å². The van der Waals surface area contributed by atoms with E-state index in [0.717, 1.165) is 10.4 Å². The molecule has 2 heterocycles. The summed E-state index contributed by atoms with van der Waals surface area (Å²) in [4.78, 5) is 25.9. The van der Waals surface area contributed by atoms with Crippen molar-refractivity contribution >= 4 is 28.2 Å². The first kappa shape index (κ1) is 17.3. The normalized spacial score (nSPS) is 12.1. The molecule has 3 rings (SSSR count). The van der Waals surface area contributed by atoms with E-state index in [9.17, 15) is 9.59 Å². The lowest BCUT2D eigenvalue weighted by Gasteiger charge is -2.08. The number of hydrogen-bond donors (Lipinski definition) is 1. The molecule has 1 amide bonds. The fourth-order valence-electron chi connectivity index (χ4n) is 2.72. The highest BCUT2D eigenvalue weighted by Crippen LogP contribution is 2.36. The fraction of sp³-hybridized carbons (Fsp3) is 0.333. The van der Waals surface area contributed by atoms with Crippen LogP contribution in [0.15, 0.2) is 18.2 Å². The van der Waals surface area contributed by atoms with Crippen molar-refractivity contribution in [3.63, 3.8) is 0 Å². The minimum Gasteiger partial charge on any atom is -0.462 e. The van der Waals surface area contributed by atoms with Gasteiger partial charge in [-0.3, -0.25) is 4.79 Å². The number of benzene rings is 1. The number of carbonyl (C=O) groups is 2. The average Bonchev–Trinajstić information content (AvgIpc) is 3.17. The van der Waals surface area contributed by atoms with E-state index >= 15 is 0 Å². The van der Waals surface area contributed by atoms with Crippen LogP contribution in [0.3, 0.4) is 0 Å². The number of rotatable bonds is 5. The number of esters is 1. The summed E-state index contributed by atoms with van der Waals surface area (Å²) in [5.74, 6) is 0.427. The first-order chi connectivity index (χ1) is 12.0. The molecule has 0 bridgehead atoms. The van der Waals surface area contributed by atoms with Crippen molar-refractivity contribution in [1.29, 1.82) is 0 Å². The lowest BCUT2D eigenvalue weighted by molar-refractivity contribution is 0.0527. The summed E-state index contributed by atoms with van der Waals surface area (Å²) in [7, 11) is 0. The van der Waals surface area contributed by atoms with Crippen LogP contribution >= 0.6 is 11.3 Å². The molecule has 0 saturated heterocycles. The molecule has 1 aromatic heterocycles. The number of anilines is 1. The number of aryl methyl sites for hydroxylation is 1. The molecule has 1 N–H and O–H groups in total. The van der Waals surface area contributed by atoms with Crippen molar-refractivity contribution in [1.82, 2.24) is 0 Å². The van der Waals surface area contributed by atoms with E-state index in [0.29, 0.717) is 34.0 Å². The Kier molecular flexibility index (Phi) is 4.94. The zero-order valence-corrected chi connectivity index (χ0v) is 15.1. The average molecular weight is 361 g/mol. The van der Waals surface area contributed by atoms with Gasteiger partial charge in [0.2, 0.25) is 6.79 Å². The van der Waals surface area contributed by atoms with Gasteiger partial charge in [0.15, 0.2) is 11.5 Å². The Hall–Kier alpha value is -2.54. The lowest BCUT2D eigenvalue weighted by Crippen LogP contribution is -2.15. The molecule has 0 aliphatic carbocycles. The number of ether oxygens (including phenoxy) is 3. The SMILES string of the molecule is CCOC(=O)c1c(NC(=O)c2ccc3c(c2)OCO3)sc(C)c1CC. The quantitative estimate of drug-likeness (QED) is 0.821. The summed E-state index contributed by atoms with van der Waals surface area (Å²) in [6.07, 6.45) is 0.691. The molecule has 1 aliphatic rings. The van der Waals surface area contributed by atoms with Gasteiger partial charge in [-0.15, -0.1) is 11.3 Å². The molecule has 1 aromatic carbocycles. The van der Waals surface area contributed by atoms with Gasteiger partial charge in [-0.25, -0.2) is 4.79 Å². The monoisotopic (exact) mass is 361 g/mol. The maximum absolute atomic E-state index is 12.6. The Morgan fingerprint density at radius 3 is 2.72 bits per heavy atom. The summed E-state index contributed by atoms with van der Waals surface area (Å²) in [6, 6.07) is 4.98. The Balaban J connectivity index is 1.89. The molecule has 6 nitrogen and oxygen atoms in total. The van der Waals surface area contributed by atoms with Crippen LogP contribution in [-0.4, -0.2) is 25.3 Å². The van der Waals surface area contributed by atoms with Crippen molar-refractivity contribution in [2.24, 2.45) is 0 Å². The number of carbonyl (C=O) groups excluding carboxylic acids is 2. The van der Waals surface area contributed by atoms with Crippen LogP contribution in [0.25, 0.3) is 0 Å². The summed E-state index contributed by atoms with van der Waals surface area (Å²) in [6.45, 7) is 6.10. The van der Waals surface area contributed by atoms with E-state index in [4.69, 9.17) is 14.2 Å². The van der Waals surface area contributed by atoms with E-state index in [1.165, 1.54) is 11.3 Å². The van der Waals surface area contributed by atoms with Gasteiger partial charge in [0.25, 0.3) is 5.91 Å². The molecule has 2 aromatic rings. The van der Waals surface area contributed by atoms with Crippen LogP contribution in [0.4, 0.5) is 5.00 Å². The van der Waals surface area contributed by atoms with Crippen molar-refractivity contribution in [3.8, 4) is 11.5 Å². The first-order valence-corrected chi connectivity index (χ1v) is 8.87. The zero-order valence-electron chi connectivity index (χ0n) is 14.3. The van der Waals surface area contributed by atoms with Crippen molar-refractivity contribution in [3.05, 3.63) is 39.8 Å².